The fraction of sp³-hybridized carbons (Fsp3) is 0.167. The summed E-state index contributed by atoms with van der Waals surface area (Å²) in [5, 5.41) is 10.8. The van der Waals surface area contributed by atoms with E-state index >= 15 is 0 Å². The van der Waals surface area contributed by atoms with Gasteiger partial charge in [0.25, 0.3) is 5.91 Å². The monoisotopic (exact) mass is 255 g/mol. The Kier molecular flexibility index (Phi) is 4.14. The predicted molar refractivity (Wildman–Crippen MR) is 61.0 cm³/mol. The molecule has 0 fully saturated rings. The maximum Gasteiger partial charge on any atom is 0.331 e. The van der Waals surface area contributed by atoms with Crippen LogP contribution >= 0.6 is 0 Å². The molecule has 1 rings (SSSR count). The minimum atomic E-state index is -1.25. The molecule has 0 bridgehead atoms. The van der Waals surface area contributed by atoms with E-state index in [4.69, 9.17) is 5.11 Å². The third-order valence-electron chi connectivity index (χ3n) is 2.42. The second-order valence-electron chi connectivity index (χ2n) is 3.61. The number of rotatable bonds is 3. The number of carboxylic acid groups (broad SMARTS) is 1. The van der Waals surface area contributed by atoms with Crippen LogP contribution in [0.3, 0.4) is 0 Å². The van der Waals surface area contributed by atoms with E-state index in [1.165, 1.54) is 26.0 Å². The zero-order valence-electron chi connectivity index (χ0n) is 9.75. The van der Waals surface area contributed by atoms with Crippen molar-refractivity contribution in [2.24, 2.45) is 0 Å². The molecule has 4 nitrogen and oxygen atoms in total. The molecule has 0 saturated heterocycles. The molecular formula is C12H11F2NO3. The molecule has 2 N–H and O–H groups in total. The molecule has 1 aromatic rings. The first-order valence-electron chi connectivity index (χ1n) is 5.00. The van der Waals surface area contributed by atoms with Gasteiger partial charge < -0.3 is 10.4 Å². The van der Waals surface area contributed by atoms with Gasteiger partial charge in [-0.25, -0.2) is 13.6 Å². The fourth-order valence-corrected chi connectivity index (χ4v) is 1.15. The lowest BCUT2D eigenvalue weighted by Crippen LogP contribution is -2.17. The van der Waals surface area contributed by atoms with Crippen LogP contribution in [0.1, 0.15) is 13.8 Å². The summed E-state index contributed by atoms with van der Waals surface area (Å²) in [6, 6.07) is 3.33. The average Bonchev–Trinajstić information content (AvgIpc) is 2.32. The van der Waals surface area contributed by atoms with Crippen LogP contribution in [0, 0.1) is 11.6 Å². The van der Waals surface area contributed by atoms with E-state index < -0.39 is 23.5 Å². The molecule has 0 saturated carbocycles. The predicted octanol–water partition coefficient (Wildman–Crippen LogP) is 2.32. The standard InChI is InChI=1S/C12H11F2NO3/c1-6(7(2)12(17)18)11(16)15-9-5-3-4-8(13)10(9)14/h3-5H,1-2H3,(H,15,16)(H,17,18). The van der Waals surface area contributed by atoms with E-state index in [1.807, 2.05) is 0 Å². The summed E-state index contributed by atoms with van der Waals surface area (Å²) in [4.78, 5) is 22.2. The number of nitrogens with one attached hydrogen (secondary N) is 1. The molecule has 1 amide bonds. The highest BCUT2D eigenvalue weighted by Gasteiger charge is 2.15. The minimum Gasteiger partial charge on any atom is -0.478 e. The first-order valence-corrected chi connectivity index (χ1v) is 5.00. The Morgan fingerprint density at radius 1 is 1.17 bits per heavy atom. The molecule has 0 aliphatic heterocycles. The van der Waals surface area contributed by atoms with Gasteiger partial charge in [-0.2, -0.15) is 0 Å². The Hall–Kier alpha value is -2.24. The van der Waals surface area contributed by atoms with E-state index in [0.29, 0.717) is 0 Å². The second-order valence-corrected chi connectivity index (χ2v) is 3.61. The van der Waals surface area contributed by atoms with Crippen molar-refractivity contribution in [1.82, 2.24) is 0 Å². The van der Waals surface area contributed by atoms with Gasteiger partial charge in [0.1, 0.15) is 0 Å². The molecule has 0 spiro atoms. The Labute approximate surface area is 102 Å². The fourth-order valence-electron chi connectivity index (χ4n) is 1.15. The Bertz CT molecular complexity index is 538. The van der Waals surface area contributed by atoms with Crippen molar-refractivity contribution >= 4 is 17.6 Å². The van der Waals surface area contributed by atoms with Crippen molar-refractivity contribution in [3.05, 3.63) is 41.0 Å². The molecule has 18 heavy (non-hydrogen) atoms. The highest BCUT2D eigenvalue weighted by atomic mass is 19.2. The van der Waals surface area contributed by atoms with Crippen LogP contribution in [-0.4, -0.2) is 17.0 Å². The van der Waals surface area contributed by atoms with Crippen LogP contribution in [0.25, 0.3) is 0 Å². The van der Waals surface area contributed by atoms with E-state index in [-0.39, 0.29) is 16.8 Å². The highest BCUT2D eigenvalue weighted by molar-refractivity contribution is 6.08. The normalized spacial score (nSPS) is 11.8. The molecule has 0 aliphatic rings. The highest BCUT2D eigenvalue weighted by Crippen LogP contribution is 2.17. The number of carbonyl (C=O) groups excluding carboxylic acids is 1. The molecule has 1 aromatic carbocycles. The minimum absolute atomic E-state index is 0.0776. The number of aliphatic carboxylic acids is 1. The van der Waals surface area contributed by atoms with Crippen molar-refractivity contribution in [2.75, 3.05) is 5.32 Å². The molecule has 96 valence electrons. The number of carbonyl (C=O) groups is 2. The maximum atomic E-state index is 13.3. The number of anilines is 1. The number of hydrogen-bond donors (Lipinski definition) is 2. The summed E-state index contributed by atoms with van der Waals surface area (Å²) in [5.41, 5.74) is -0.576. The number of amides is 1. The zero-order chi connectivity index (χ0) is 13.9. The van der Waals surface area contributed by atoms with Crippen molar-refractivity contribution in [3.8, 4) is 0 Å². The summed E-state index contributed by atoms with van der Waals surface area (Å²) < 4.78 is 26.1. The van der Waals surface area contributed by atoms with Gasteiger partial charge in [-0.15, -0.1) is 0 Å². The van der Waals surface area contributed by atoms with Crippen molar-refractivity contribution in [3.63, 3.8) is 0 Å². The van der Waals surface area contributed by atoms with Gasteiger partial charge in [-0.05, 0) is 26.0 Å². The molecule has 0 aliphatic carbocycles. The molecule has 6 heteroatoms. The third kappa shape index (κ3) is 2.91. The Morgan fingerprint density at radius 3 is 2.33 bits per heavy atom. The van der Waals surface area contributed by atoms with Gasteiger partial charge in [0.05, 0.1) is 5.69 Å². The van der Waals surface area contributed by atoms with Crippen molar-refractivity contribution in [2.45, 2.75) is 13.8 Å². The lowest BCUT2D eigenvalue weighted by molar-refractivity contribution is -0.133. The summed E-state index contributed by atoms with van der Waals surface area (Å²) in [7, 11) is 0. The summed E-state index contributed by atoms with van der Waals surface area (Å²) in [6.45, 7) is 2.54. The van der Waals surface area contributed by atoms with Crippen LogP contribution in [-0.2, 0) is 9.59 Å². The van der Waals surface area contributed by atoms with E-state index in [0.717, 1.165) is 6.07 Å². The Morgan fingerprint density at radius 2 is 1.78 bits per heavy atom. The topological polar surface area (TPSA) is 66.4 Å². The molecule has 0 radical (unpaired) electrons. The van der Waals surface area contributed by atoms with Crippen molar-refractivity contribution < 1.29 is 23.5 Å². The van der Waals surface area contributed by atoms with E-state index in [2.05, 4.69) is 5.32 Å². The van der Waals surface area contributed by atoms with Gasteiger partial charge in [-0.3, -0.25) is 4.79 Å². The third-order valence-corrected chi connectivity index (χ3v) is 2.42. The molecule has 0 aromatic heterocycles. The second kappa shape index (κ2) is 5.39. The van der Waals surface area contributed by atoms with Crippen LogP contribution < -0.4 is 5.32 Å². The molecule has 0 atom stereocenters. The SMILES string of the molecule is CC(C(=O)O)=C(C)C(=O)Nc1cccc(F)c1F. The average molecular weight is 255 g/mol. The van der Waals surface area contributed by atoms with Gasteiger partial charge in [0.15, 0.2) is 11.6 Å². The van der Waals surface area contributed by atoms with Crippen LogP contribution in [0.2, 0.25) is 0 Å². The van der Waals surface area contributed by atoms with Gasteiger partial charge in [0, 0.05) is 11.1 Å². The summed E-state index contributed by atoms with van der Waals surface area (Å²) in [5.74, 6) is -4.32. The Balaban J connectivity index is 2.99. The molecule has 0 unspecified atom stereocenters. The molecular weight excluding hydrogens is 244 g/mol. The molecule has 0 heterocycles. The van der Waals surface area contributed by atoms with E-state index in [9.17, 15) is 18.4 Å². The largest absolute Gasteiger partial charge is 0.478 e. The van der Waals surface area contributed by atoms with Gasteiger partial charge in [0.2, 0.25) is 0 Å². The number of halogens is 2. The van der Waals surface area contributed by atoms with Crippen LogP contribution in [0.4, 0.5) is 14.5 Å². The zero-order valence-corrected chi connectivity index (χ0v) is 9.75. The van der Waals surface area contributed by atoms with Crippen LogP contribution in [0.5, 0.6) is 0 Å². The first-order chi connectivity index (χ1) is 8.34. The first kappa shape index (κ1) is 13.8. The van der Waals surface area contributed by atoms with Gasteiger partial charge in [-0.1, -0.05) is 6.07 Å². The van der Waals surface area contributed by atoms with Crippen LogP contribution in [0.15, 0.2) is 29.3 Å². The van der Waals surface area contributed by atoms with E-state index in [1.54, 1.807) is 0 Å². The smallest absolute Gasteiger partial charge is 0.331 e. The number of carboxylic acids is 1. The summed E-state index contributed by atoms with van der Waals surface area (Å²) >= 11 is 0. The summed E-state index contributed by atoms with van der Waals surface area (Å²) in [6.07, 6.45) is 0. The lowest BCUT2D eigenvalue weighted by atomic mass is 10.1. The number of benzene rings is 1. The number of hydrogen-bond acceptors (Lipinski definition) is 2. The quantitative estimate of drug-likeness (QED) is 0.814. The lowest BCUT2D eigenvalue weighted by Gasteiger charge is -2.08. The van der Waals surface area contributed by atoms with Gasteiger partial charge >= 0.3 is 5.97 Å². The van der Waals surface area contributed by atoms with Crippen molar-refractivity contribution in [1.29, 1.82) is 0 Å². The maximum absolute atomic E-state index is 13.3.